The number of hydrogen-bond acceptors (Lipinski definition) is 4. The molecule has 5 heteroatoms. The van der Waals surface area contributed by atoms with Gasteiger partial charge in [0.15, 0.2) is 0 Å². The standard InChI is InChI=1S/C12H11NO3S/c13-16-17(14,15)12-9-5-4-8-11(12)10-6-2-1-3-7-10/h1-9H,13H2. The largest absolute Gasteiger partial charge is 0.313 e. The fourth-order valence-corrected chi connectivity index (χ4v) is 2.40. The van der Waals surface area contributed by atoms with Gasteiger partial charge in [-0.25, -0.2) is 0 Å². The maximum Gasteiger partial charge on any atom is 0.313 e. The maximum absolute atomic E-state index is 11.6. The van der Waals surface area contributed by atoms with Crippen molar-refractivity contribution in [2.24, 2.45) is 5.90 Å². The number of hydrogen-bond donors (Lipinski definition) is 1. The minimum absolute atomic E-state index is 0.0636. The van der Waals surface area contributed by atoms with Gasteiger partial charge in [-0.05, 0) is 11.6 Å². The van der Waals surface area contributed by atoms with Gasteiger partial charge in [-0.15, -0.1) is 0 Å². The van der Waals surface area contributed by atoms with E-state index in [9.17, 15) is 8.42 Å². The molecule has 0 heterocycles. The van der Waals surface area contributed by atoms with Crippen molar-refractivity contribution in [2.45, 2.75) is 4.90 Å². The Hall–Kier alpha value is -1.69. The van der Waals surface area contributed by atoms with E-state index in [0.29, 0.717) is 5.56 Å². The van der Waals surface area contributed by atoms with E-state index in [1.807, 2.05) is 30.3 Å². The topological polar surface area (TPSA) is 69.4 Å². The minimum Gasteiger partial charge on any atom is -0.197 e. The van der Waals surface area contributed by atoms with Crippen LogP contribution >= 0.6 is 0 Å². The van der Waals surface area contributed by atoms with E-state index in [1.54, 1.807) is 18.2 Å². The van der Waals surface area contributed by atoms with Crippen LogP contribution in [0.1, 0.15) is 0 Å². The molecule has 0 bridgehead atoms. The van der Waals surface area contributed by atoms with Crippen molar-refractivity contribution in [3.8, 4) is 11.1 Å². The van der Waals surface area contributed by atoms with Crippen LogP contribution in [0.5, 0.6) is 0 Å². The average Bonchev–Trinajstić information content (AvgIpc) is 2.40. The third kappa shape index (κ3) is 2.36. The summed E-state index contributed by atoms with van der Waals surface area (Å²) in [6.45, 7) is 0. The van der Waals surface area contributed by atoms with Gasteiger partial charge in [-0.3, -0.25) is 0 Å². The Morgan fingerprint density at radius 3 is 2.12 bits per heavy atom. The van der Waals surface area contributed by atoms with Crippen LogP contribution in [0.2, 0.25) is 0 Å². The smallest absolute Gasteiger partial charge is 0.197 e. The van der Waals surface area contributed by atoms with Crippen LogP contribution in [0.4, 0.5) is 0 Å². The minimum atomic E-state index is -3.90. The Morgan fingerprint density at radius 1 is 0.882 bits per heavy atom. The first kappa shape index (κ1) is 11.8. The highest BCUT2D eigenvalue weighted by atomic mass is 32.2. The highest BCUT2D eigenvalue weighted by Gasteiger charge is 2.18. The molecule has 0 amide bonds. The molecule has 17 heavy (non-hydrogen) atoms. The molecule has 0 unspecified atom stereocenters. The molecular formula is C12H11NO3S. The molecular weight excluding hydrogens is 238 g/mol. The first-order valence-electron chi connectivity index (χ1n) is 4.93. The summed E-state index contributed by atoms with van der Waals surface area (Å²) < 4.78 is 27.4. The molecule has 0 aliphatic rings. The molecule has 0 aromatic heterocycles. The molecule has 0 spiro atoms. The van der Waals surface area contributed by atoms with Crippen LogP contribution in [0.25, 0.3) is 11.1 Å². The van der Waals surface area contributed by atoms with Gasteiger partial charge in [0.1, 0.15) is 4.90 Å². The van der Waals surface area contributed by atoms with Crippen molar-refractivity contribution in [3.63, 3.8) is 0 Å². The Balaban J connectivity index is 2.65. The molecule has 0 fully saturated rings. The summed E-state index contributed by atoms with van der Waals surface area (Å²) in [7, 11) is -3.90. The lowest BCUT2D eigenvalue weighted by Crippen LogP contribution is -2.12. The number of benzene rings is 2. The van der Waals surface area contributed by atoms with E-state index >= 15 is 0 Å². The summed E-state index contributed by atoms with van der Waals surface area (Å²) in [4.78, 5) is 0.0636. The van der Waals surface area contributed by atoms with E-state index in [-0.39, 0.29) is 4.90 Å². The zero-order valence-electron chi connectivity index (χ0n) is 8.91. The molecule has 88 valence electrons. The summed E-state index contributed by atoms with van der Waals surface area (Å²) in [6.07, 6.45) is 0. The van der Waals surface area contributed by atoms with Crippen molar-refractivity contribution < 1.29 is 12.7 Å². The molecule has 4 nitrogen and oxygen atoms in total. The van der Waals surface area contributed by atoms with Gasteiger partial charge < -0.3 is 0 Å². The zero-order chi connectivity index (χ0) is 12.3. The van der Waals surface area contributed by atoms with Gasteiger partial charge in [0.05, 0.1) is 0 Å². The van der Waals surface area contributed by atoms with Crippen molar-refractivity contribution >= 4 is 10.1 Å². The second kappa shape index (κ2) is 4.67. The van der Waals surface area contributed by atoms with E-state index in [2.05, 4.69) is 4.28 Å². The molecule has 0 saturated carbocycles. The first-order valence-corrected chi connectivity index (χ1v) is 6.34. The second-order valence-corrected chi connectivity index (χ2v) is 4.95. The van der Waals surface area contributed by atoms with Crippen LogP contribution < -0.4 is 5.90 Å². The van der Waals surface area contributed by atoms with Gasteiger partial charge in [-0.2, -0.15) is 18.6 Å². The normalized spacial score (nSPS) is 11.4. The lowest BCUT2D eigenvalue weighted by atomic mass is 10.1. The third-order valence-electron chi connectivity index (χ3n) is 2.37. The molecule has 0 saturated heterocycles. The summed E-state index contributed by atoms with van der Waals surface area (Å²) in [6, 6.07) is 15.7. The van der Waals surface area contributed by atoms with Crippen molar-refractivity contribution in [2.75, 3.05) is 0 Å². The van der Waals surface area contributed by atoms with Gasteiger partial charge in [0.2, 0.25) is 0 Å². The van der Waals surface area contributed by atoms with Crippen LogP contribution in [0.3, 0.4) is 0 Å². The van der Waals surface area contributed by atoms with Gasteiger partial charge in [0, 0.05) is 5.56 Å². The van der Waals surface area contributed by atoms with Gasteiger partial charge in [0.25, 0.3) is 0 Å². The molecule has 2 aromatic carbocycles. The Bertz CT molecular complexity index is 609. The van der Waals surface area contributed by atoms with E-state index in [1.165, 1.54) is 6.07 Å². The first-order chi connectivity index (χ1) is 8.15. The maximum atomic E-state index is 11.6. The highest BCUT2D eigenvalue weighted by Crippen LogP contribution is 2.27. The molecule has 0 aliphatic carbocycles. The van der Waals surface area contributed by atoms with Crippen molar-refractivity contribution in [1.82, 2.24) is 0 Å². The monoisotopic (exact) mass is 249 g/mol. The fraction of sp³-hybridized carbons (Fsp3) is 0. The summed E-state index contributed by atoms with van der Waals surface area (Å²) in [5.41, 5.74) is 1.36. The van der Waals surface area contributed by atoms with Crippen molar-refractivity contribution in [3.05, 3.63) is 54.6 Å². The lowest BCUT2D eigenvalue weighted by Gasteiger charge is -2.08. The molecule has 2 aromatic rings. The fourth-order valence-electron chi connectivity index (χ4n) is 1.59. The predicted molar refractivity (Wildman–Crippen MR) is 64.3 cm³/mol. The van der Waals surface area contributed by atoms with Crippen LogP contribution in [-0.2, 0) is 14.4 Å². The van der Waals surface area contributed by atoms with Crippen LogP contribution in [-0.4, -0.2) is 8.42 Å². The summed E-state index contributed by atoms with van der Waals surface area (Å²) >= 11 is 0. The highest BCUT2D eigenvalue weighted by molar-refractivity contribution is 7.86. The van der Waals surface area contributed by atoms with Crippen molar-refractivity contribution in [1.29, 1.82) is 0 Å². The number of nitrogens with two attached hydrogens (primary N) is 1. The predicted octanol–water partition coefficient (Wildman–Crippen LogP) is 1.93. The molecule has 0 atom stereocenters. The van der Waals surface area contributed by atoms with E-state index < -0.39 is 10.1 Å². The molecule has 2 rings (SSSR count). The van der Waals surface area contributed by atoms with Gasteiger partial charge >= 0.3 is 10.1 Å². The van der Waals surface area contributed by atoms with E-state index in [0.717, 1.165) is 5.56 Å². The van der Waals surface area contributed by atoms with E-state index in [4.69, 9.17) is 5.90 Å². The molecule has 0 aliphatic heterocycles. The number of rotatable bonds is 3. The Kier molecular flexibility index (Phi) is 3.23. The Labute approximate surface area is 99.7 Å². The second-order valence-electron chi connectivity index (χ2n) is 3.41. The zero-order valence-corrected chi connectivity index (χ0v) is 9.72. The van der Waals surface area contributed by atoms with Gasteiger partial charge in [-0.1, -0.05) is 48.5 Å². The van der Waals surface area contributed by atoms with Crippen LogP contribution in [0.15, 0.2) is 59.5 Å². The lowest BCUT2D eigenvalue weighted by molar-refractivity contribution is 0.333. The Morgan fingerprint density at radius 2 is 1.47 bits per heavy atom. The SMILES string of the molecule is NOS(=O)(=O)c1ccccc1-c1ccccc1. The summed E-state index contributed by atoms with van der Waals surface area (Å²) in [5, 5.41) is 0. The van der Waals surface area contributed by atoms with Crippen LogP contribution in [0, 0.1) is 0 Å². The molecule has 2 N–H and O–H groups in total. The molecule has 0 radical (unpaired) electrons. The average molecular weight is 249 g/mol. The quantitative estimate of drug-likeness (QED) is 0.844. The summed E-state index contributed by atoms with van der Waals surface area (Å²) in [5.74, 6) is 4.80. The third-order valence-corrected chi connectivity index (χ3v) is 3.52.